The van der Waals surface area contributed by atoms with Crippen molar-refractivity contribution in [1.29, 1.82) is 0 Å². The van der Waals surface area contributed by atoms with Gasteiger partial charge in [-0.15, -0.1) is 0 Å². The van der Waals surface area contributed by atoms with E-state index in [1.54, 1.807) is 14.0 Å². The Bertz CT molecular complexity index is 845. The number of aliphatic hydroxyl groups excluding tert-OH is 1. The van der Waals surface area contributed by atoms with E-state index in [4.69, 9.17) is 14.2 Å². The highest BCUT2D eigenvalue weighted by atomic mass is 19.4. The van der Waals surface area contributed by atoms with Gasteiger partial charge in [0.15, 0.2) is 6.29 Å². The molecular weight excluding hydrogens is 449 g/mol. The van der Waals surface area contributed by atoms with Crippen molar-refractivity contribution in [2.45, 2.75) is 44.7 Å². The molecule has 9 heteroatoms. The Morgan fingerprint density at radius 3 is 2.26 bits per heavy atom. The Hall–Kier alpha value is -2.01. The van der Waals surface area contributed by atoms with Crippen molar-refractivity contribution < 1.29 is 32.5 Å². The normalized spacial score (nSPS) is 16.7. The Balaban J connectivity index is 0.000000305. The predicted octanol–water partition coefficient (Wildman–Crippen LogP) is 4.20. The number of methoxy groups -OCH3 is 3. The number of β-amino-alcohol motifs (C(OH)–C–C–N with tert-alkyl or cyclic N) is 1. The molecule has 190 valence electrons. The summed E-state index contributed by atoms with van der Waals surface area (Å²) < 4.78 is 53.7. The monoisotopic (exact) mass is 484 g/mol. The molecule has 34 heavy (non-hydrogen) atoms. The van der Waals surface area contributed by atoms with E-state index in [1.165, 1.54) is 24.7 Å². The third-order valence-corrected chi connectivity index (χ3v) is 5.68. The van der Waals surface area contributed by atoms with E-state index in [2.05, 4.69) is 5.32 Å². The maximum atomic E-state index is 12.9. The first kappa shape index (κ1) is 28.2. The van der Waals surface area contributed by atoms with E-state index in [0.29, 0.717) is 13.2 Å². The fraction of sp³-hybridized carbons (Fsp3) is 0.520. The maximum Gasteiger partial charge on any atom is 0.401 e. The summed E-state index contributed by atoms with van der Waals surface area (Å²) in [4.78, 5) is 1.29. The number of nitrogens with zero attached hydrogens (tertiary/aromatic N) is 1. The zero-order valence-corrected chi connectivity index (χ0v) is 20.1. The summed E-state index contributed by atoms with van der Waals surface area (Å²) in [7, 11) is 4.41. The standard InChI is InChI=1S/C16H24F3NO3.C9H11NO/c1-12(14-7-5-13(6-8-14)10-21-2)20(11-16(17,18)19)9-15(22-3)23-4;11-9-6-10-5-7-3-1-2-4-8(7)9/h5-8,12,15H,9-11H2,1-4H3;1-4,9-11H,5-6H2. The highest BCUT2D eigenvalue weighted by Gasteiger charge is 2.34. The highest BCUT2D eigenvalue weighted by molar-refractivity contribution is 5.30. The van der Waals surface area contributed by atoms with Gasteiger partial charge in [-0.25, -0.2) is 0 Å². The van der Waals surface area contributed by atoms with Crippen LogP contribution in [0.2, 0.25) is 0 Å². The first-order valence-electron chi connectivity index (χ1n) is 11.1. The van der Waals surface area contributed by atoms with Gasteiger partial charge in [0.1, 0.15) is 0 Å². The van der Waals surface area contributed by atoms with Crippen molar-refractivity contribution in [3.05, 3.63) is 70.8 Å². The summed E-state index contributed by atoms with van der Waals surface area (Å²) in [5.74, 6) is 0. The maximum absolute atomic E-state index is 12.9. The van der Waals surface area contributed by atoms with Gasteiger partial charge in [0.25, 0.3) is 0 Å². The molecule has 1 aliphatic rings. The van der Waals surface area contributed by atoms with Crippen LogP contribution in [-0.4, -0.2) is 63.4 Å². The first-order valence-corrected chi connectivity index (χ1v) is 11.1. The molecular formula is C25H35F3N2O4. The minimum absolute atomic E-state index is 0.0213. The zero-order chi connectivity index (χ0) is 25.1. The Labute approximate surface area is 199 Å². The molecule has 2 aromatic carbocycles. The molecule has 0 fully saturated rings. The molecule has 2 N–H and O–H groups in total. The molecule has 1 heterocycles. The van der Waals surface area contributed by atoms with E-state index >= 15 is 0 Å². The molecule has 0 spiro atoms. The minimum atomic E-state index is -4.30. The van der Waals surface area contributed by atoms with Crippen molar-refractivity contribution >= 4 is 0 Å². The summed E-state index contributed by atoms with van der Waals surface area (Å²) in [5.41, 5.74) is 4.05. The second-order valence-corrected chi connectivity index (χ2v) is 8.14. The fourth-order valence-corrected chi connectivity index (χ4v) is 3.77. The van der Waals surface area contributed by atoms with Gasteiger partial charge in [0, 0.05) is 40.5 Å². The van der Waals surface area contributed by atoms with E-state index in [9.17, 15) is 18.3 Å². The fourth-order valence-electron chi connectivity index (χ4n) is 3.77. The summed E-state index contributed by atoms with van der Waals surface area (Å²) >= 11 is 0. The van der Waals surface area contributed by atoms with Crippen molar-refractivity contribution in [3.63, 3.8) is 0 Å². The van der Waals surface area contributed by atoms with Gasteiger partial charge < -0.3 is 24.6 Å². The third-order valence-electron chi connectivity index (χ3n) is 5.68. The van der Waals surface area contributed by atoms with E-state index in [0.717, 1.165) is 23.2 Å². The lowest BCUT2D eigenvalue weighted by Crippen LogP contribution is -2.41. The van der Waals surface area contributed by atoms with Crippen LogP contribution in [0.15, 0.2) is 48.5 Å². The van der Waals surface area contributed by atoms with Crippen molar-refractivity contribution in [3.8, 4) is 0 Å². The lowest BCUT2D eigenvalue weighted by Gasteiger charge is -2.32. The molecule has 0 bridgehead atoms. The average molecular weight is 485 g/mol. The summed E-state index contributed by atoms with van der Waals surface area (Å²) in [5, 5.41) is 12.6. The molecule has 0 saturated heterocycles. The number of rotatable bonds is 9. The molecule has 0 amide bonds. The number of nitrogens with one attached hydrogen (secondary N) is 1. The van der Waals surface area contributed by atoms with Crippen molar-refractivity contribution in [2.24, 2.45) is 0 Å². The summed E-state index contributed by atoms with van der Waals surface area (Å²) in [6, 6.07) is 14.9. The molecule has 2 unspecified atom stereocenters. The number of benzene rings is 2. The SMILES string of the molecule is COCc1ccc(C(C)N(CC(OC)OC)CC(F)(F)F)cc1.OC1CNCc2ccccc21. The van der Waals surface area contributed by atoms with Crippen LogP contribution in [0.4, 0.5) is 13.2 Å². The van der Waals surface area contributed by atoms with Crippen LogP contribution in [0.5, 0.6) is 0 Å². The number of aliphatic hydroxyl groups is 1. The molecule has 6 nitrogen and oxygen atoms in total. The van der Waals surface area contributed by atoms with Crippen LogP contribution in [0.25, 0.3) is 0 Å². The molecule has 0 aromatic heterocycles. The number of alkyl halides is 3. The van der Waals surface area contributed by atoms with Crippen LogP contribution < -0.4 is 5.32 Å². The zero-order valence-electron chi connectivity index (χ0n) is 20.1. The van der Waals surface area contributed by atoms with Gasteiger partial charge in [-0.3, -0.25) is 4.90 Å². The Morgan fingerprint density at radius 2 is 1.71 bits per heavy atom. The lowest BCUT2D eigenvalue weighted by atomic mass is 9.99. The molecule has 0 aliphatic carbocycles. The number of fused-ring (bicyclic) bond motifs is 1. The topological polar surface area (TPSA) is 63.2 Å². The predicted molar refractivity (Wildman–Crippen MR) is 124 cm³/mol. The van der Waals surface area contributed by atoms with Gasteiger partial charge in [-0.2, -0.15) is 13.2 Å². The lowest BCUT2D eigenvalue weighted by molar-refractivity contribution is -0.170. The number of ether oxygens (including phenoxy) is 3. The molecule has 1 aliphatic heterocycles. The molecule has 2 aromatic rings. The van der Waals surface area contributed by atoms with Gasteiger partial charge >= 0.3 is 6.18 Å². The largest absolute Gasteiger partial charge is 0.401 e. The number of halogens is 3. The molecule has 2 atom stereocenters. The molecule has 0 saturated carbocycles. The van der Waals surface area contributed by atoms with Gasteiger partial charge in [-0.1, -0.05) is 48.5 Å². The number of hydrogen-bond donors (Lipinski definition) is 2. The molecule has 0 radical (unpaired) electrons. The van der Waals surface area contributed by atoms with Gasteiger partial charge in [0.2, 0.25) is 0 Å². The van der Waals surface area contributed by atoms with E-state index in [1.807, 2.05) is 48.5 Å². The first-order chi connectivity index (χ1) is 16.2. The highest BCUT2D eigenvalue weighted by Crippen LogP contribution is 2.26. The van der Waals surface area contributed by atoms with Crippen LogP contribution in [0, 0.1) is 0 Å². The second kappa shape index (κ2) is 13.8. The number of hydrogen-bond acceptors (Lipinski definition) is 6. The smallest absolute Gasteiger partial charge is 0.387 e. The molecule has 3 rings (SSSR count). The van der Waals surface area contributed by atoms with Crippen molar-refractivity contribution in [1.82, 2.24) is 10.2 Å². The Kier molecular flexibility index (Phi) is 11.4. The average Bonchev–Trinajstić information content (AvgIpc) is 2.82. The van der Waals surface area contributed by atoms with E-state index < -0.39 is 25.1 Å². The quantitative estimate of drug-likeness (QED) is 0.521. The van der Waals surface area contributed by atoms with Crippen LogP contribution >= 0.6 is 0 Å². The Morgan fingerprint density at radius 1 is 1.06 bits per heavy atom. The van der Waals surface area contributed by atoms with Crippen molar-refractivity contribution in [2.75, 3.05) is 41.0 Å². The van der Waals surface area contributed by atoms with Crippen LogP contribution in [0.1, 0.15) is 41.3 Å². The van der Waals surface area contributed by atoms with E-state index in [-0.39, 0.29) is 12.6 Å². The van der Waals surface area contributed by atoms with Crippen LogP contribution in [0.3, 0.4) is 0 Å². The summed E-state index contributed by atoms with van der Waals surface area (Å²) in [6.07, 6.45) is -5.33. The van der Waals surface area contributed by atoms with Crippen LogP contribution in [-0.2, 0) is 27.4 Å². The van der Waals surface area contributed by atoms with Gasteiger partial charge in [0.05, 0.1) is 25.8 Å². The third kappa shape index (κ3) is 8.98. The second-order valence-electron chi connectivity index (χ2n) is 8.14. The van der Waals surface area contributed by atoms with Gasteiger partial charge in [-0.05, 0) is 29.2 Å². The minimum Gasteiger partial charge on any atom is -0.387 e. The summed E-state index contributed by atoms with van der Waals surface area (Å²) in [6.45, 7) is 2.75.